The highest BCUT2D eigenvalue weighted by Gasteiger charge is 2.48. The van der Waals surface area contributed by atoms with E-state index in [-0.39, 0.29) is 24.2 Å². The van der Waals surface area contributed by atoms with Crippen LogP contribution in [0.3, 0.4) is 0 Å². The number of carbonyl (C=O) groups is 2. The van der Waals surface area contributed by atoms with Crippen molar-refractivity contribution < 1.29 is 14.0 Å². The second-order valence-corrected chi connectivity index (χ2v) is 9.68. The van der Waals surface area contributed by atoms with E-state index in [2.05, 4.69) is 5.32 Å². The minimum absolute atomic E-state index is 0.202. The fraction of sp³-hybridized carbons (Fsp3) is 0.231. The van der Waals surface area contributed by atoms with Gasteiger partial charge in [0.05, 0.1) is 6.54 Å². The zero-order chi connectivity index (χ0) is 23.3. The zero-order valence-corrected chi connectivity index (χ0v) is 19.5. The smallest absolute Gasteiger partial charge is 0.275 e. The highest BCUT2D eigenvalue weighted by Crippen LogP contribution is 2.37. The van der Waals surface area contributed by atoms with Crippen molar-refractivity contribution >= 4 is 39.1 Å². The number of nitrogens with zero attached hydrogens (tertiary/aromatic N) is 2. The summed E-state index contributed by atoms with van der Waals surface area (Å²) in [4.78, 5) is 30.1. The SMILES string of the molecule is Cc1ccc(N2C(=O)c3cc4ccsc4n3C[C@@]2(C)C(=O)NCc2ccc(F)cc2)cc1C. The molecule has 2 amide bonds. The first-order valence-corrected chi connectivity index (χ1v) is 11.7. The van der Waals surface area contributed by atoms with E-state index in [4.69, 9.17) is 0 Å². The average molecular weight is 462 g/mol. The van der Waals surface area contributed by atoms with Gasteiger partial charge in [-0.2, -0.15) is 0 Å². The molecule has 1 aliphatic rings. The van der Waals surface area contributed by atoms with Crippen LogP contribution in [-0.4, -0.2) is 21.9 Å². The molecule has 2 aromatic heterocycles. The lowest BCUT2D eigenvalue weighted by atomic mass is 9.93. The normalized spacial score (nSPS) is 17.9. The van der Waals surface area contributed by atoms with Crippen LogP contribution < -0.4 is 10.2 Å². The number of rotatable bonds is 4. The van der Waals surface area contributed by atoms with Gasteiger partial charge in [0.15, 0.2) is 0 Å². The van der Waals surface area contributed by atoms with Gasteiger partial charge in [0.25, 0.3) is 5.91 Å². The minimum atomic E-state index is -1.15. The molecule has 5 nitrogen and oxygen atoms in total. The van der Waals surface area contributed by atoms with Crippen LogP contribution in [0.2, 0.25) is 0 Å². The van der Waals surface area contributed by atoms with E-state index in [9.17, 15) is 14.0 Å². The molecule has 1 atom stereocenters. The van der Waals surface area contributed by atoms with Gasteiger partial charge < -0.3 is 9.88 Å². The Labute approximate surface area is 195 Å². The first-order chi connectivity index (χ1) is 15.8. The maximum absolute atomic E-state index is 13.8. The van der Waals surface area contributed by atoms with E-state index in [0.717, 1.165) is 26.9 Å². The maximum Gasteiger partial charge on any atom is 0.275 e. The zero-order valence-electron chi connectivity index (χ0n) is 18.7. The highest BCUT2D eigenvalue weighted by atomic mass is 32.1. The molecule has 0 unspecified atom stereocenters. The lowest BCUT2D eigenvalue weighted by molar-refractivity contribution is -0.126. The van der Waals surface area contributed by atoms with E-state index in [1.165, 1.54) is 12.1 Å². The number of halogens is 1. The van der Waals surface area contributed by atoms with Gasteiger partial charge >= 0.3 is 0 Å². The molecular formula is C26H24FN3O2S. The van der Waals surface area contributed by atoms with E-state index < -0.39 is 5.54 Å². The molecule has 0 bridgehead atoms. The fourth-order valence-electron chi connectivity index (χ4n) is 4.44. The molecule has 0 fully saturated rings. The standard InChI is InChI=1S/C26H24FN3O2S/c1-16-4-9-21(12-17(16)2)30-23(31)22-13-19-10-11-33-24(19)29(22)15-26(30,3)25(32)28-14-18-5-7-20(27)8-6-18/h4-13H,14-15H2,1-3H3,(H,28,32)/t26-/m0/s1. The second-order valence-electron chi connectivity index (χ2n) is 8.79. The summed E-state index contributed by atoms with van der Waals surface area (Å²) in [6, 6.07) is 15.7. The van der Waals surface area contributed by atoms with Crippen molar-refractivity contribution in [2.45, 2.75) is 39.4 Å². The number of amides is 2. The van der Waals surface area contributed by atoms with E-state index in [1.54, 1.807) is 28.4 Å². The third-order valence-electron chi connectivity index (χ3n) is 6.49. The molecule has 5 rings (SSSR count). The van der Waals surface area contributed by atoms with Crippen LogP contribution >= 0.6 is 11.3 Å². The second kappa shape index (κ2) is 7.85. The van der Waals surface area contributed by atoms with Crippen molar-refractivity contribution in [3.05, 3.63) is 88.2 Å². The molecule has 0 saturated heterocycles. The Morgan fingerprint density at radius 2 is 1.85 bits per heavy atom. The van der Waals surface area contributed by atoms with Crippen molar-refractivity contribution in [2.75, 3.05) is 4.90 Å². The van der Waals surface area contributed by atoms with Gasteiger partial charge in [-0.3, -0.25) is 14.5 Å². The number of aryl methyl sites for hydroxylation is 2. The van der Waals surface area contributed by atoms with Crippen LogP contribution in [-0.2, 0) is 17.9 Å². The molecule has 0 saturated carbocycles. The molecule has 0 aliphatic carbocycles. The number of hydrogen-bond acceptors (Lipinski definition) is 3. The van der Waals surface area contributed by atoms with Crippen molar-refractivity contribution in [1.82, 2.24) is 9.88 Å². The van der Waals surface area contributed by atoms with Crippen molar-refractivity contribution in [3.8, 4) is 0 Å². The van der Waals surface area contributed by atoms with Gasteiger partial charge in [0.1, 0.15) is 21.9 Å². The molecule has 0 radical (unpaired) electrons. The lowest BCUT2D eigenvalue weighted by Gasteiger charge is -2.44. The molecule has 0 spiro atoms. The van der Waals surface area contributed by atoms with Crippen LogP contribution in [0.4, 0.5) is 10.1 Å². The number of fused-ring (bicyclic) bond motifs is 3. The van der Waals surface area contributed by atoms with Crippen molar-refractivity contribution in [1.29, 1.82) is 0 Å². The molecule has 2 aromatic carbocycles. The summed E-state index contributed by atoms with van der Waals surface area (Å²) in [6.07, 6.45) is 0. The largest absolute Gasteiger partial charge is 0.350 e. The van der Waals surface area contributed by atoms with Crippen LogP contribution in [0, 0.1) is 19.7 Å². The molecule has 168 valence electrons. The fourth-order valence-corrected chi connectivity index (χ4v) is 5.34. The molecule has 3 heterocycles. The third-order valence-corrected chi connectivity index (χ3v) is 7.44. The summed E-state index contributed by atoms with van der Waals surface area (Å²) in [5.41, 5.74) is 3.08. The molecule has 1 aliphatic heterocycles. The summed E-state index contributed by atoms with van der Waals surface area (Å²) in [5.74, 6) is -0.786. The molecule has 7 heteroatoms. The van der Waals surface area contributed by atoms with E-state index >= 15 is 0 Å². The number of carbonyl (C=O) groups excluding carboxylic acids is 2. The number of benzene rings is 2. The van der Waals surface area contributed by atoms with Crippen molar-refractivity contribution in [3.63, 3.8) is 0 Å². The van der Waals surface area contributed by atoms with Gasteiger partial charge in [0.2, 0.25) is 5.91 Å². The van der Waals surface area contributed by atoms with Gasteiger partial charge in [-0.1, -0.05) is 18.2 Å². The summed E-state index contributed by atoms with van der Waals surface area (Å²) in [6.45, 7) is 6.40. The van der Waals surface area contributed by atoms with Gasteiger partial charge in [-0.15, -0.1) is 11.3 Å². The molecule has 4 aromatic rings. The van der Waals surface area contributed by atoms with E-state index in [1.807, 2.05) is 61.1 Å². The Morgan fingerprint density at radius 3 is 2.58 bits per heavy atom. The Kier molecular flexibility index (Phi) is 5.09. The summed E-state index contributed by atoms with van der Waals surface area (Å²) >= 11 is 1.56. The summed E-state index contributed by atoms with van der Waals surface area (Å²) in [5, 5.41) is 5.96. The van der Waals surface area contributed by atoms with Gasteiger partial charge in [-0.05, 0) is 79.2 Å². The predicted molar refractivity (Wildman–Crippen MR) is 129 cm³/mol. The van der Waals surface area contributed by atoms with Gasteiger partial charge in [0, 0.05) is 17.6 Å². The summed E-state index contributed by atoms with van der Waals surface area (Å²) < 4.78 is 15.2. The average Bonchev–Trinajstić information content (AvgIpc) is 3.38. The molecule has 1 N–H and O–H groups in total. The maximum atomic E-state index is 13.8. The lowest BCUT2D eigenvalue weighted by Crippen LogP contribution is -2.64. The van der Waals surface area contributed by atoms with Crippen LogP contribution in [0.5, 0.6) is 0 Å². The third kappa shape index (κ3) is 3.53. The number of thiophene rings is 1. The molecule has 33 heavy (non-hydrogen) atoms. The molecular weight excluding hydrogens is 437 g/mol. The Hall–Kier alpha value is -3.45. The Morgan fingerprint density at radius 1 is 1.09 bits per heavy atom. The van der Waals surface area contributed by atoms with Crippen LogP contribution in [0.15, 0.2) is 60.0 Å². The monoisotopic (exact) mass is 461 g/mol. The summed E-state index contributed by atoms with van der Waals surface area (Å²) in [7, 11) is 0. The number of nitrogens with one attached hydrogen (secondary N) is 1. The van der Waals surface area contributed by atoms with Crippen LogP contribution in [0.25, 0.3) is 10.2 Å². The topological polar surface area (TPSA) is 54.3 Å². The quantitative estimate of drug-likeness (QED) is 0.455. The van der Waals surface area contributed by atoms with Gasteiger partial charge in [-0.25, -0.2) is 4.39 Å². The van der Waals surface area contributed by atoms with Crippen LogP contribution in [0.1, 0.15) is 34.1 Å². The number of hydrogen-bond donors (Lipinski definition) is 1. The Bertz CT molecular complexity index is 1390. The van der Waals surface area contributed by atoms with E-state index in [0.29, 0.717) is 17.9 Å². The van der Waals surface area contributed by atoms with Crippen molar-refractivity contribution in [2.24, 2.45) is 0 Å². The first kappa shape index (κ1) is 21.4. The number of aromatic nitrogens is 1. The minimum Gasteiger partial charge on any atom is -0.350 e. The number of anilines is 1. The first-order valence-electron chi connectivity index (χ1n) is 10.8. The predicted octanol–water partition coefficient (Wildman–Crippen LogP) is 5.19. The highest BCUT2D eigenvalue weighted by molar-refractivity contribution is 7.16. The Balaban J connectivity index is 1.56.